The van der Waals surface area contributed by atoms with Gasteiger partial charge in [-0.3, -0.25) is 9.15 Å². The van der Waals surface area contributed by atoms with Crippen molar-refractivity contribution in [3.05, 3.63) is 46.9 Å². The summed E-state index contributed by atoms with van der Waals surface area (Å²) in [6.07, 6.45) is 3.66. The summed E-state index contributed by atoms with van der Waals surface area (Å²) in [4.78, 5) is 12.8. The zero-order valence-electron chi connectivity index (χ0n) is 19.7. The molecule has 1 aliphatic rings. The summed E-state index contributed by atoms with van der Waals surface area (Å²) in [5.74, 6) is 0.391. The zero-order valence-corrected chi connectivity index (χ0v) is 20.5. The van der Waals surface area contributed by atoms with Crippen LogP contribution in [-0.4, -0.2) is 48.0 Å². The van der Waals surface area contributed by atoms with E-state index in [2.05, 4.69) is 10.4 Å². The molecule has 0 aliphatic carbocycles. The van der Waals surface area contributed by atoms with E-state index in [0.717, 1.165) is 15.4 Å². The molecule has 0 bridgehead atoms. The molecule has 10 nitrogen and oxygen atoms in total. The van der Waals surface area contributed by atoms with E-state index in [1.807, 2.05) is 33.8 Å². The fourth-order valence-electron chi connectivity index (χ4n) is 3.74. The summed E-state index contributed by atoms with van der Waals surface area (Å²) >= 11 is 0. The van der Waals surface area contributed by atoms with Crippen LogP contribution in [0.5, 0.6) is 0 Å². The lowest BCUT2D eigenvalue weighted by Crippen LogP contribution is -2.51. The molecule has 0 spiro atoms. The van der Waals surface area contributed by atoms with Gasteiger partial charge in [-0.25, -0.2) is 9.10 Å². The predicted octanol–water partition coefficient (Wildman–Crippen LogP) is 3.93. The average molecular weight is 479 g/mol. The van der Waals surface area contributed by atoms with Crippen LogP contribution < -0.4 is 9.62 Å². The number of carbonyl (C=O) groups is 1. The Morgan fingerprint density at radius 1 is 1.15 bits per heavy atom. The van der Waals surface area contributed by atoms with Gasteiger partial charge in [0, 0.05) is 32.1 Å². The van der Waals surface area contributed by atoms with Gasteiger partial charge in [0.05, 0.1) is 17.9 Å². The molecule has 0 saturated carbocycles. The second-order valence-corrected chi connectivity index (χ2v) is 10.5. The molecule has 182 valence electrons. The van der Waals surface area contributed by atoms with Gasteiger partial charge in [-0.2, -0.15) is 13.5 Å². The molecule has 1 saturated heterocycles. The molecule has 1 fully saturated rings. The zero-order chi connectivity index (χ0) is 24.3. The molecular formula is C22H32N5O5S-. The number of amides is 2. The van der Waals surface area contributed by atoms with E-state index in [-0.39, 0.29) is 17.5 Å². The summed E-state index contributed by atoms with van der Waals surface area (Å²) < 4.78 is 33.9. The van der Waals surface area contributed by atoms with Crippen LogP contribution in [-0.2, 0) is 22.0 Å². The molecule has 1 aromatic carbocycles. The molecule has 0 unspecified atom stereocenters. The van der Waals surface area contributed by atoms with Gasteiger partial charge in [0.2, 0.25) is 0 Å². The second-order valence-electron chi connectivity index (χ2n) is 8.87. The Balaban J connectivity index is 1.90. The normalized spacial score (nSPS) is 15.2. The fourth-order valence-corrected chi connectivity index (χ4v) is 5.11. The van der Waals surface area contributed by atoms with Crippen LogP contribution >= 0.6 is 0 Å². The lowest BCUT2D eigenvalue weighted by Gasteiger charge is -2.39. The van der Waals surface area contributed by atoms with E-state index in [0.29, 0.717) is 31.7 Å². The van der Waals surface area contributed by atoms with Gasteiger partial charge in [-0.15, -0.1) is 0 Å². The highest BCUT2D eigenvalue weighted by molar-refractivity contribution is 7.91. The highest BCUT2D eigenvalue weighted by atomic mass is 32.2. The molecule has 0 atom stereocenters. The maximum absolute atomic E-state index is 13.3. The first-order valence-electron chi connectivity index (χ1n) is 11.0. The number of urea groups is 1. The number of benzene rings is 1. The van der Waals surface area contributed by atoms with Crippen molar-refractivity contribution in [2.75, 3.05) is 22.8 Å². The van der Waals surface area contributed by atoms with E-state index in [9.17, 15) is 18.4 Å². The summed E-state index contributed by atoms with van der Waals surface area (Å²) in [6, 6.07) is 3.77. The minimum Gasteiger partial charge on any atom is -0.740 e. The van der Waals surface area contributed by atoms with Crippen LogP contribution in [0, 0.1) is 5.21 Å². The number of rotatable bonds is 7. The quantitative estimate of drug-likeness (QED) is 0.602. The van der Waals surface area contributed by atoms with Gasteiger partial charge in [0.25, 0.3) is 0 Å². The third-order valence-corrected chi connectivity index (χ3v) is 7.25. The maximum atomic E-state index is 13.3. The number of ether oxygens (including phenoxy) is 1. The van der Waals surface area contributed by atoms with Crippen LogP contribution in [0.25, 0.3) is 0 Å². The van der Waals surface area contributed by atoms with Gasteiger partial charge in [0.15, 0.2) is 0 Å². The van der Waals surface area contributed by atoms with Crippen molar-refractivity contribution in [3.8, 4) is 0 Å². The van der Waals surface area contributed by atoms with Crippen molar-refractivity contribution in [3.63, 3.8) is 0 Å². The Hall–Kier alpha value is -2.63. The largest absolute Gasteiger partial charge is 0.740 e. The van der Waals surface area contributed by atoms with Gasteiger partial charge >= 0.3 is 16.2 Å². The van der Waals surface area contributed by atoms with Gasteiger partial charge in [-0.05, 0) is 47.9 Å². The number of hydrogen-bond acceptors (Lipinski definition) is 6. The molecular weight excluding hydrogens is 446 g/mol. The SMILES string of the molecule is CC(C)c1cc(NC(=O)N([O-])S(=O)(=O)N(c2cnn(C)c2)C2CCOCC2)cc(C(C)C)c1. The minimum absolute atomic E-state index is 0.195. The van der Waals surface area contributed by atoms with Crippen molar-refractivity contribution in [1.82, 2.24) is 14.2 Å². The fraction of sp³-hybridized carbons (Fsp3) is 0.545. The molecule has 1 N–H and O–H groups in total. The number of hydroxylamine groups is 1. The Kier molecular flexibility index (Phi) is 7.65. The Morgan fingerprint density at radius 3 is 2.21 bits per heavy atom. The summed E-state index contributed by atoms with van der Waals surface area (Å²) in [6.45, 7) is 8.82. The van der Waals surface area contributed by atoms with E-state index < -0.39 is 26.8 Å². The lowest BCUT2D eigenvalue weighted by molar-refractivity contribution is 0.0874. The summed E-state index contributed by atoms with van der Waals surface area (Å²) in [5.41, 5.74) is 2.57. The Morgan fingerprint density at radius 2 is 1.73 bits per heavy atom. The maximum Gasteiger partial charge on any atom is 0.326 e. The molecule has 2 heterocycles. The predicted molar refractivity (Wildman–Crippen MR) is 127 cm³/mol. The first-order chi connectivity index (χ1) is 15.5. The van der Waals surface area contributed by atoms with E-state index in [4.69, 9.17) is 4.74 Å². The van der Waals surface area contributed by atoms with E-state index >= 15 is 0 Å². The van der Waals surface area contributed by atoms with Crippen molar-refractivity contribution in [2.45, 2.75) is 58.4 Å². The van der Waals surface area contributed by atoms with Crippen molar-refractivity contribution in [1.29, 1.82) is 0 Å². The van der Waals surface area contributed by atoms with Crippen molar-refractivity contribution >= 4 is 27.6 Å². The van der Waals surface area contributed by atoms with Gasteiger partial charge in [-0.1, -0.05) is 33.8 Å². The number of nitrogens with zero attached hydrogens (tertiary/aromatic N) is 4. The third kappa shape index (κ3) is 5.66. The van der Waals surface area contributed by atoms with Crippen molar-refractivity contribution < 1.29 is 17.9 Å². The Bertz CT molecular complexity index is 1050. The average Bonchev–Trinajstić information content (AvgIpc) is 3.18. The van der Waals surface area contributed by atoms with E-state index in [1.54, 1.807) is 19.2 Å². The molecule has 1 aromatic heterocycles. The topological polar surface area (TPSA) is 120 Å². The molecule has 11 heteroatoms. The molecule has 33 heavy (non-hydrogen) atoms. The number of aromatic nitrogens is 2. The number of anilines is 2. The molecule has 2 amide bonds. The van der Waals surface area contributed by atoms with Crippen LogP contribution in [0.4, 0.5) is 16.2 Å². The third-order valence-electron chi connectivity index (χ3n) is 5.65. The molecule has 1 aliphatic heterocycles. The van der Waals surface area contributed by atoms with Crippen LogP contribution in [0.1, 0.15) is 63.5 Å². The standard InChI is InChI=1S/C22H32N5O5S/c1-15(2)17-10-18(16(3)4)12-19(11-17)24-22(28)27(29)33(30,31)26(20-6-8-32-9-7-20)21-13-23-25(5)14-21/h10-16,20H,6-9H2,1-5H3,(H,24,28)/q-1. The molecule has 3 rings (SSSR count). The first-order valence-corrected chi connectivity index (χ1v) is 12.4. The van der Waals surface area contributed by atoms with Crippen LogP contribution in [0.3, 0.4) is 0 Å². The minimum atomic E-state index is -4.72. The van der Waals surface area contributed by atoms with Gasteiger partial charge < -0.3 is 15.3 Å². The number of aryl methyl sites for hydroxylation is 1. The smallest absolute Gasteiger partial charge is 0.326 e. The van der Waals surface area contributed by atoms with Crippen LogP contribution in [0.2, 0.25) is 0 Å². The number of nitrogens with one attached hydrogen (secondary N) is 1. The Labute approximate surface area is 195 Å². The second kappa shape index (κ2) is 10.1. The summed E-state index contributed by atoms with van der Waals surface area (Å²) in [5, 5.41) is 19.4. The highest BCUT2D eigenvalue weighted by Crippen LogP contribution is 2.29. The van der Waals surface area contributed by atoms with E-state index in [1.165, 1.54) is 17.1 Å². The lowest BCUT2D eigenvalue weighted by atomic mass is 9.95. The van der Waals surface area contributed by atoms with Crippen LogP contribution in [0.15, 0.2) is 30.6 Å². The summed E-state index contributed by atoms with van der Waals surface area (Å²) in [7, 11) is -3.08. The monoisotopic (exact) mass is 478 g/mol. The van der Waals surface area contributed by atoms with Crippen molar-refractivity contribution in [2.24, 2.45) is 7.05 Å². The number of carbonyl (C=O) groups excluding carboxylic acids is 1. The van der Waals surface area contributed by atoms with Gasteiger partial charge in [0.1, 0.15) is 0 Å². The molecule has 0 radical (unpaired) electrons. The number of hydrogen-bond donors (Lipinski definition) is 1. The first kappa shape index (κ1) is 25.0. The molecule has 2 aromatic rings. The highest BCUT2D eigenvalue weighted by Gasteiger charge is 2.35.